The average Bonchev–Trinajstić information content (AvgIpc) is 2.97. The van der Waals surface area contributed by atoms with Crippen molar-refractivity contribution in [2.24, 2.45) is 0 Å². The first kappa shape index (κ1) is 22.6. The van der Waals surface area contributed by atoms with Crippen molar-refractivity contribution >= 4 is 23.4 Å². The number of nitrogens with zero attached hydrogens (tertiary/aromatic N) is 1. The molecule has 1 heterocycles. The smallest absolute Gasteiger partial charge is 0.417 e. The molecule has 176 valence electrons. The molecule has 5 rings (SSSR count). The highest BCUT2D eigenvalue weighted by Gasteiger charge is 2.37. The van der Waals surface area contributed by atoms with Crippen LogP contribution >= 0.6 is 11.6 Å². The fourth-order valence-electron chi connectivity index (χ4n) is 5.28. The summed E-state index contributed by atoms with van der Waals surface area (Å²) < 4.78 is 10.6. The number of hydrogen-bond donors (Lipinski definition) is 2. The van der Waals surface area contributed by atoms with Crippen molar-refractivity contribution in [1.29, 1.82) is 0 Å². The zero-order chi connectivity index (χ0) is 23.8. The first-order valence-corrected chi connectivity index (χ1v) is 11.8. The molecule has 0 aromatic heterocycles. The van der Waals surface area contributed by atoms with Gasteiger partial charge in [0.05, 0.1) is 12.1 Å². The highest BCUT2D eigenvalue weighted by Crippen LogP contribution is 2.46. The molecule has 0 fully saturated rings. The van der Waals surface area contributed by atoms with Gasteiger partial charge in [-0.25, -0.2) is 4.79 Å². The van der Waals surface area contributed by atoms with E-state index in [1.54, 1.807) is 31.4 Å². The molecule has 6 nitrogen and oxygen atoms in total. The summed E-state index contributed by atoms with van der Waals surface area (Å²) in [6.07, 6.45) is 2.13. The van der Waals surface area contributed by atoms with E-state index in [9.17, 15) is 9.90 Å². The van der Waals surface area contributed by atoms with Crippen LogP contribution in [0.2, 0.25) is 5.02 Å². The third-order valence-electron chi connectivity index (χ3n) is 6.97. The van der Waals surface area contributed by atoms with Crippen molar-refractivity contribution in [3.63, 3.8) is 0 Å². The van der Waals surface area contributed by atoms with Crippen LogP contribution in [-0.2, 0) is 12.8 Å². The van der Waals surface area contributed by atoms with Gasteiger partial charge in [-0.05, 0) is 91.0 Å². The SMILES string of the molecule is COc1ccc(OC(=O)Nc2cccc3c2CC[C@H]2[C@H]3c3cc(O)c(Cl)cc3CCN2C)cc1. The number of carbonyl (C=O) groups is 1. The van der Waals surface area contributed by atoms with E-state index in [0.29, 0.717) is 22.6 Å². The molecule has 3 aromatic carbocycles. The molecule has 3 aromatic rings. The van der Waals surface area contributed by atoms with E-state index >= 15 is 0 Å². The number of anilines is 1. The fourth-order valence-corrected chi connectivity index (χ4v) is 5.47. The van der Waals surface area contributed by atoms with Crippen LogP contribution < -0.4 is 14.8 Å². The quantitative estimate of drug-likeness (QED) is 0.512. The normalized spacial score (nSPS) is 19.3. The number of carbonyl (C=O) groups excluding carboxylic acids is 1. The Bertz CT molecular complexity index is 1230. The van der Waals surface area contributed by atoms with Crippen LogP contribution in [0.3, 0.4) is 0 Å². The van der Waals surface area contributed by atoms with Crippen LogP contribution in [0.5, 0.6) is 17.2 Å². The molecule has 0 bridgehead atoms. The standard InChI is InChI=1S/C27H27ClN2O4/c1-30-13-12-16-14-22(28)25(31)15-21(16)26-20-4-3-5-23(19(20)10-11-24(26)30)29-27(32)34-18-8-6-17(33-2)7-9-18/h3-9,14-15,24,26,31H,10-13H2,1-2H3,(H,29,32)/t24-,26+/m0/s1. The number of phenols is 1. The summed E-state index contributed by atoms with van der Waals surface area (Å²) in [6.45, 7) is 0.927. The predicted octanol–water partition coefficient (Wildman–Crippen LogP) is 5.60. The zero-order valence-electron chi connectivity index (χ0n) is 19.2. The number of rotatable bonds is 3. The summed E-state index contributed by atoms with van der Waals surface area (Å²) in [6, 6.07) is 16.9. The zero-order valence-corrected chi connectivity index (χ0v) is 19.9. The highest BCUT2D eigenvalue weighted by atomic mass is 35.5. The van der Waals surface area contributed by atoms with Crippen LogP contribution in [-0.4, -0.2) is 42.8 Å². The Morgan fingerprint density at radius 1 is 1.09 bits per heavy atom. The third kappa shape index (κ3) is 4.19. The van der Waals surface area contributed by atoms with Gasteiger partial charge in [0.1, 0.15) is 17.2 Å². The summed E-state index contributed by atoms with van der Waals surface area (Å²) in [5.41, 5.74) is 5.28. The molecular formula is C27H27ClN2O4. The number of phenolic OH excluding ortho intramolecular Hbond substituents is 1. The van der Waals surface area contributed by atoms with Crippen LogP contribution in [0.4, 0.5) is 10.5 Å². The van der Waals surface area contributed by atoms with Gasteiger partial charge in [0.2, 0.25) is 0 Å². The van der Waals surface area contributed by atoms with Gasteiger partial charge in [0.25, 0.3) is 0 Å². The number of amides is 1. The Hall–Kier alpha value is -3.22. The molecule has 0 unspecified atom stereocenters. The first-order valence-electron chi connectivity index (χ1n) is 11.4. The van der Waals surface area contributed by atoms with Gasteiger partial charge >= 0.3 is 6.09 Å². The second-order valence-corrected chi connectivity index (χ2v) is 9.29. The predicted molar refractivity (Wildman–Crippen MR) is 132 cm³/mol. The maximum atomic E-state index is 12.7. The molecule has 0 saturated carbocycles. The van der Waals surface area contributed by atoms with Crippen molar-refractivity contribution in [3.8, 4) is 17.2 Å². The molecule has 2 atom stereocenters. The van der Waals surface area contributed by atoms with E-state index in [1.807, 2.05) is 24.3 Å². The summed E-state index contributed by atoms with van der Waals surface area (Å²) in [5, 5.41) is 13.7. The Balaban J connectivity index is 1.47. The molecule has 1 aliphatic carbocycles. The Kier molecular flexibility index (Phi) is 6.11. The summed E-state index contributed by atoms with van der Waals surface area (Å²) in [4.78, 5) is 15.1. The fraction of sp³-hybridized carbons (Fsp3) is 0.296. The van der Waals surface area contributed by atoms with E-state index in [1.165, 1.54) is 0 Å². The topological polar surface area (TPSA) is 71.0 Å². The molecular weight excluding hydrogens is 452 g/mol. The molecule has 2 N–H and O–H groups in total. The third-order valence-corrected chi connectivity index (χ3v) is 7.28. The van der Waals surface area contributed by atoms with Gasteiger partial charge in [0, 0.05) is 24.2 Å². The summed E-state index contributed by atoms with van der Waals surface area (Å²) >= 11 is 6.24. The maximum Gasteiger partial charge on any atom is 0.417 e. The minimum Gasteiger partial charge on any atom is -0.506 e. The van der Waals surface area contributed by atoms with E-state index < -0.39 is 6.09 Å². The van der Waals surface area contributed by atoms with Gasteiger partial charge in [-0.1, -0.05) is 23.7 Å². The number of aromatic hydroxyl groups is 1. The molecule has 2 aliphatic rings. The average molecular weight is 479 g/mol. The largest absolute Gasteiger partial charge is 0.506 e. The van der Waals surface area contributed by atoms with Gasteiger partial charge in [-0.3, -0.25) is 5.32 Å². The van der Waals surface area contributed by atoms with Crippen molar-refractivity contribution in [2.75, 3.05) is 26.0 Å². The molecule has 0 spiro atoms. The lowest BCUT2D eigenvalue weighted by Crippen LogP contribution is -2.39. The number of halogens is 1. The van der Waals surface area contributed by atoms with E-state index in [0.717, 1.165) is 53.7 Å². The van der Waals surface area contributed by atoms with Crippen molar-refractivity contribution < 1.29 is 19.4 Å². The van der Waals surface area contributed by atoms with Crippen molar-refractivity contribution in [3.05, 3.63) is 81.9 Å². The minimum absolute atomic E-state index is 0.0776. The van der Waals surface area contributed by atoms with Crippen molar-refractivity contribution in [1.82, 2.24) is 4.90 Å². The second kappa shape index (κ2) is 9.20. The second-order valence-electron chi connectivity index (χ2n) is 8.88. The van der Waals surface area contributed by atoms with E-state index in [4.69, 9.17) is 21.1 Å². The van der Waals surface area contributed by atoms with Crippen LogP contribution in [0, 0.1) is 0 Å². The molecule has 7 heteroatoms. The number of likely N-dealkylation sites (N-methyl/N-ethyl adjacent to an activating group) is 1. The molecule has 1 amide bonds. The highest BCUT2D eigenvalue weighted by molar-refractivity contribution is 6.32. The lowest BCUT2D eigenvalue weighted by molar-refractivity contribution is 0.213. The van der Waals surface area contributed by atoms with Gasteiger partial charge in [-0.2, -0.15) is 0 Å². The number of hydrogen-bond acceptors (Lipinski definition) is 5. The molecule has 34 heavy (non-hydrogen) atoms. The van der Waals surface area contributed by atoms with Crippen molar-refractivity contribution in [2.45, 2.75) is 31.2 Å². The molecule has 0 radical (unpaired) electrons. The Morgan fingerprint density at radius 2 is 1.85 bits per heavy atom. The number of nitrogens with one attached hydrogen (secondary N) is 1. The summed E-state index contributed by atoms with van der Waals surface area (Å²) in [5.74, 6) is 1.32. The molecule has 1 aliphatic heterocycles. The van der Waals surface area contributed by atoms with E-state index in [-0.39, 0.29) is 11.7 Å². The van der Waals surface area contributed by atoms with Gasteiger partial charge in [-0.15, -0.1) is 0 Å². The van der Waals surface area contributed by atoms with Crippen LogP contribution in [0.1, 0.15) is 34.6 Å². The van der Waals surface area contributed by atoms with Crippen LogP contribution in [0.25, 0.3) is 0 Å². The number of ether oxygens (including phenoxy) is 2. The monoisotopic (exact) mass is 478 g/mol. The number of methoxy groups -OCH3 is 1. The minimum atomic E-state index is -0.538. The Morgan fingerprint density at radius 3 is 2.62 bits per heavy atom. The van der Waals surface area contributed by atoms with Gasteiger partial charge in [0.15, 0.2) is 0 Å². The van der Waals surface area contributed by atoms with E-state index in [2.05, 4.69) is 23.3 Å². The maximum absolute atomic E-state index is 12.7. The lowest BCUT2D eigenvalue weighted by atomic mass is 9.74. The van der Waals surface area contributed by atoms with Gasteiger partial charge < -0.3 is 19.5 Å². The van der Waals surface area contributed by atoms with Crippen LogP contribution in [0.15, 0.2) is 54.6 Å². The number of fused-ring (bicyclic) bond motifs is 5. The Labute approximate surface area is 204 Å². The molecule has 0 saturated heterocycles. The number of benzene rings is 3. The lowest BCUT2D eigenvalue weighted by Gasteiger charge is -2.39. The first-order chi connectivity index (χ1) is 16.4. The summed E-state index contributed by atoms with van der Waals surface area (Å²) in [7, 11) is 3.75.